The van der Waals surface area contributed by atoms with Gasteiger partial charge in [-0.25, -0.2) is 4.39 Å². The average molecular weight is 264 g/mol. The van der Waals surface area contributed by atoms with Crippen molar-refractivity contribution in [3.63, 3.8) is 0 Å². The first kappa shape index (κ1) is 14.7. The quantitative estimate of drug-likeness (QED) is 0.684. The first-order valence-electron chi connectivity index (χ1n) is 5.46. The SMILES string of the molecule is CC(=O)NCC(=O)Nc1ccc(F)c(C#CCO)c1. The fourth-order valence-electron chi connectivity index (χ4n) is 1.24. The van der Waals surface area contributed by atoms with E-state index >= 15 is 0 Å². The normalized spacial score (nSPS) is 9.21. The van der Waals surface area contributed by atoms with E-state index in [1.807, 2.05) is 0 Å². The van der Waals surface area contributed by atoms with Crippen molar-refractivity contribution in [2.24, 2.45) is 0 Å². The van der Waals surface area contributed by atoms with E-state index in [4.69, 9.17) is 5.11 Å². The third kappa shape index (κ3) is 5.19. The van der Waals surface area contributed by atoms with Crippen molar-refractivity contribution >= 4 is 17.5 Å². The van der Waals surface area contributed by atoms with Crippen molar-refractivity contribution in [3.8, 4) is 11.8 Å². The summed E-state index contributed by atoms with van der Waals surface area (Å²) in [5.74, 6) is 3.47. The Morgan fingerprint density at radius 1 is 1.42 bits per heavy atom. The first-order chi connectivity index (χ1) is 9.02. The van der Waals surface area contributed by atoms with Crippen LogP contribution in [0.2, 0.25) is 0 Å². The van der Waals surface area contributed by atoms with Gasteiger partial charge in [-0.1, -0.05) is 11.8 Å². The first-order valence-corrected chi connectivity index (χ1v) is 5.46. The smallest absolute Gasteiger partial charge is 0.243 e. The molecule has 6 heteroatoms. The molecule has 0 bridgehead atoms. The summed E-state index contributed by atoms with van der Waals surface area (Å²) in [6, 6.07) is 3.89. The molecular formula is C13H13FN2O3. The number of amides is 2. The maximum absolute atomic E-state index is 13.3. The molecular weight excluding hydrogens is 251 g/mol. The minimum atomic E-state index is -0.541. The van der Waals surface area contributed by atoms with Gasteiger partial charge in [-0.05, 0) is 18.2 Å². The number of carbonyl (C=O) groups excluding carboxylic acids is 2. The fourth-order valence-corrected chi connectivity index (χ4v) is 1.24. The van der Waals surface area contributed by atoms with Gasteiger partial charge in [0, 0.05) is 12.6 Å². The van der Waals surface area contributed by atoms with E-state index in [1.165, 1.54) is 19.1 Å². The van der Waals surface area contributed by atoms with Crippen molar-refractivity contribution in [3.05, 3.63) is 29.6 Å². The molecule has 0 radical (unpaired) electrons. The van der Waals surface area contributed by atoms with Crippen LogP contribution in [0.25, 0.3) is 0 Å². The number of carbonyl (C=O) groups is 2. The van der Waals surface area contributed by atoms with Gasteiger partial charge in [-0.3, -0.25) is 9.59 Å². The Morgan fingerprint density at radius 2 is 2.16 bits per heavy atom. The summed E-state index contributed by atoms with van der Waals surface area (Å²) in [6.45, 7) is 0.761. The Bertz CT molecular complexity index is 547. The Hall–Kier alpha value is -2.39. The summed E-state index contributed by atoms with van der Waals surface area (Å²) in [5, 5.41) is 13.4. The molecule has 0 spiro atoms. The van der Waals surface area contributed by atoms with Gasteiger partial charge in [0.1, 0.15) is 12.4 Å². The minimum absolute atomic E-state index is 0.0753. The van der Waals surface area contributed by atoms with Crippen molar-refractivity contribution in [2.75, 3.05) is 18.5 Å². The second kappa shape index (κ2) is 7.13. The molecule has 0 heterocycles. The second-order valence-corrected chi connectivity index (χ2v) is 3.61. The van der Waals surface area contributed by atoms with Crippen LogP contribution in [0.3, 0.4) is 0 Å². The van der Waals surface area contributed by atoms with Gasteiger partial charge in [-0.2, -0.15) is 0 Å². The lowest BCUT2D eigenvalue weighted by Gasteiger charge is -2.06. The summed E-state index contributed by atoms with van der Waals surface area (Å²) in [4.78, 5) is 22.1. The maximum atomic E-state index is 13.3. The maximum Gasteiger partial charge on any atom is 0.243 e. The van der Waals surface area contributed by atoms with Crippen molar-refractivity contribution in [1.82, 2.24) is 5.32 Å². The summed E-state index contributed by atoms with van der Waals surface area (Å²) in [7, 11) is 0. The largest absolute Gasteiger partial charge is 0.384 e. The van der Waals surface area contributed by atoms with Gasteiger partial charge in [0.15, 0.2) is 0 Å². The number of benzene rings is 1. The van der Waals surface area contributed by atoms with E-state index in [0.29, 0.717) is 5.69 Å². The summed E-state index contributed by atoms with van der Waals surface area (Å²) < 4.78 is 13.3. The van der Waals surface area contributed by atoms with Gasteiger partial charge in [0.05, 0.1) is 12.1 Å². The summed E-state index contributed by atoms with van der Waals surface area (Å²) in [5.41, 5.74) is 0.436. The molecule has 3 N–H and O–H groups in total. The number of hydrogen-bond donors (Lipinski definition) is 3. The molecule has 0 saturated heterocycles. The molecule has 100 valence electrons. The summed E-state index contributed by atoms with van der Waals surface area (Å²) >= 11 is 0. The van der Waals surface area contributed by atoms with Crippen molar-refractivity contribution in [2.45, 2.75) is 6.92 Å². The summed E-state index contributed by atoms with van der Waals surface area (Å²) in [6.07, 6.45) is 0. The van der Waals surface area contributed by atoms with E-state index in [0.717, 1.165) is 6.07 Å². The molecule has 0 aromatic heterocycles. The van der Waals surface area contributed by atoms with Gasteiger partial charge in [-0.15, -0.1) is 0 Å². The number of halogens is 1. The average Bonchev–Trinajstić information content (AvgIpc) is 2.37. The van der Waals surface area contributed by atoms with Crippen LogP contribution < -0.4 is 10.6 Å². The molecule has 1 aromatic carbocycles. The highest BCUT2D eigenvalue weighted by molar-refractivity contribution is 5.94. The molecule has 1 aromatic rings. The number of aliphatic hydroxyl groups is 1. The zero-order valence-electron chi connectivity index (χ0n) is 10.3. The third-order valence-corrected chi connectivity index (χ3v) is 2.05. The van der Waals surface area contributed by atoms with E-state index in [-0.39, 0.29) is 24.6 Å². The van der Waals surface area contributed by atoms with Crippen LogP contribution >= 0.6 is 0 Å². The minimum Gasteiger partial charge on any atom is -0.384 e. The lowest BCUT2D eigenvalue weighted by molar-refractivity contribution is -0.122. The lowest BCUT2D eigenvalue weighted by atomic mass is 10.2. The molecule has 0 aliphatic carbocycles. The van der Waals surface area contributed by atoms with E-state index in [2.05, 4.69) is 22.5 Å². The van der Waals surface area contributed by atoms with Gasteiger partial charge >= 0.3 is 0 Å². The molecule has 19 heavy (non-hydrogen) atoms. The van der Waals surface area contributed by atoms with Crippen LogP contribution in [0, 0.1) is 17.7 Å². The molecule has 0 aliphatic heterocycles. The highest BCUT2D eigenvalue weighted by Gasteiger charge is 2.05. The fraction of sp³-hybridized carbons (Fsp3) is 0.231. The van der Waals surface area contributed by atoms with Crippen LogP contribution in [-0.2, 0) is 9.59 Å². The molecule has 0 saturated carbocycles. The Kier molecular flexibility index (Phi) is 5.51. The van der Waals surface area contributed by atoms with E-state index in [9.17, 15) is 14.0 Å². The lowest BCUT2D eigenvalue weighted by Crippen LogP contribution is -2.31. The van der Waals surface area contributed by atoms with E-state index in [1.54, 1.807) is 0 Å². The molecule has 0 atom stereocenters. The molecule has 1 rings (SSSR count). The number of anilines is 1. The molecule has 0 aliphatic rings. The van der Waals surface area contributed by atoms with Crippen LogP contribution in [0.15, 0.2) is 18.2 Å². The van der Waals surface area contributed by atoms with Crippen LogP contribution in [-0.4, -0.2) is 30.1 Å². The number of nitrogens with one attached hydrogen (secondary N) is 2. The molecule has 2 amide bonds. The van der Waals surface area contributed by atoms with Crippen molar-refractivity contribution in [1.29, 1.82) is 0 Å². The topological polar surface area (TPSA) is 78.4 Å². The molecule has 5 nitrogen and oxygen atoms in total. The third-order valence-electron chi connectivity index (χ3n) is 2.05. The number of aliphatic hydroxyl groups excluding tert-OH is 1. The van der Waals surface area contributed by atoms with E-state index < -0.39 is 11.7 Å². The van der Waals surface area contributed by atoms with Gasteiger partial charge in [0.2, 0.25) is 11.8 Å². The Labute approximate surface area is 109 Å². The van der Waals surface area contributed by atoms with Gasteiger partial charge < -0.3 is 15.7 Å². The van der Waals surface area contributed by atoms with Crippen LogP contribution in [0.5, 0.6) is 0 Å². The monoisotopic (exact) mass is 264 g/mol. The second-order valence-electron chi connectivity index (χ2n) is 3.61. The predicted molar refractivity (Wildman–Crippen MR) is 67.7 cm³/mol. The Morgan fingerprint density at radius 3 is 2.79 bits per heavy atom. The highest BCUT2D eigenvalue weighted by atomic mass is 19.1. The predicted octanol–water partition coefficient (Wildman–Crippen LogP) is 0.244. The van der Waals surface area contributed by atoms with Crippen LogP contribution in [0.1, 0.15) is 12.5 Å². The molecule has 0 fully saturated rings. The van der Waals surface area contributed by atoms with Gasteiger partial charge in [0.25, 0.3) is 0 Å². The number of rotatable bonds is 3. The van der Waals surface area contributed by atoms with Crippen molar-refractivity contribution < 1.29 is 19.1 Å². The van der Waals surface area contributed by atoms with Crippen LogP contribution in [0.4, 0.5) is 10.1 Å². The highest BCUT2D eigenvalue weighted by Crippen LogP contribution is 2.13. The molecule has 0 unspecified atom stereocenters. The Balaban J connectivity index is 2.74. The zero-order chi connectivity index (χ0) is 14.3. The zero-order valence-corrected chi connectivity index (χ0v) is 10.3. The standard InChI is InChI=1S/C13H13FN2O3/c1-9(18)15-8-13(19)16-11-4-5-12(14)10(7-11)3-2-6-17/h4-5,7,17H,6,8H2,1H3,(H,15,18)(H,16,19). The number of hydrogen-bond acceptors (Lipinski definition) is 3.